The Labute approximate surface area is 193 Å². The first-order valence-corrected chi connectivity index (χ1v) is 9.31. The van der Waals surface area contributed by atoms with E-state index in [0.29, 0.717) is 38.0 Å². The summed E-state index contributed by atoms with van der Waals surface area (Å²) in [5, 5.41) is 20.5. The van der Waals surface area contributed by atoms with Crippen molar-refractivity contribution < 1.29 is 14.4 Å². The maximum absolute atomic E-state index is 11.0. The summed E-state index contributed by atoms with van der Waals surface area (Å²) in [5.74, 6) is 1.35. The summed E-state index contributed by atoms with van der Waals surface area (Å²) < 4.78 is 10.7. The Morgan fingerprint density at radius 1 is 1.13 bits per heavy atom. The highest BCUT2D eigenvalue weighted by atomic mass is 127. The van der Waals surface area contributed by atoms with Crippen LogP contribution in [-0.2, 0) is 4.74 Å². The molecule has 30 heavy (non-hydrogen) atoms. The second-order valence-corrected chi connectivity index (χ2v) is 6.05. The van der Waals surface area contributed by atoms with Gasteiger partial charge in [0.1, 0.15) is 11.4 Å². The van der Waals surface area contributed by atoms with E-state index in [1.54, 1.807) is 32.4 Å². The van der Waals surface area contributed by atoms with Crippen molar-refractivity contribution in [1.29, 1.82) is 0 Å². The largest absolute Gasteiger partial charge is 0.493 e. The number of methoxy groups -OCH3 is 1. The average molecular weight is 529 g/mol. The van der Waals surface area contributed by atoms with Gasteiger partial charge in [-0.15, -0.1) is 24.0 Å². The number of hydrogen-bond acceptors (Lipinski definition) is 6. The van der Waals surface area contributed by atoms with Crippen LogP contribution in [-0.4, -0.2) is 51.3 Å². The van der Waals surface area contributed by atoms with Gasteiger partial charge in [-0.3, -0.25) is 15.1 Å². The van der Waals surface area contributed by atoms with Gasteiger partial charge in [-0.1, -0.05) is 18.2 Å². The number of hydrogen-bond donors (Lipinski definition) is 3. The minimum absolute atomic E-state index is 0. The quantitative estimate of drug-likeness (QED) is 0.102. The monoisotopic (exact) mass is 529 g/mol. The number of halogens is 1. The molecule has 0 spiro atoms. The lowest BCUT2D eigenvalue weighted by molar-refractivity contribution is -0.384. The number of benzene rings is 2. The van der Waals surface area contributed by atoms with E-state index >= 15 is 0 Å². The van der Waals surface area contributed by atoms with Gasteiger partial charge in [0.15, 0.2) is 5.96 Å². The number of nitrogens with zero attached hydrogens (tertiary/aromatic N) is 2. The molecule has 0 aliphatic rings. The molecule has 0 fully saturated rings. The van der Waals surface area contributed by atoms with Crippen molar-refractivity contribution in [2.45, 2.75) is 6.42 Å². The molecule has 0 aromatic heterocycles. The summed E-state index contributed by atoms with van der Waals surface area (Å²) in [6.07, 6.45) is 0.823. The van der Waals surface area contributed by atoms with Crippen LogP contribution in [0, 0.1) is 10.1 Å². The van der Waals surface area contributed by atoms with Crippen LogP contribution in [0.25, 0.3) is 0 Å². The molecule has 0 atom stereocenters. The van der Waals surface area contributed by atoms with E-state index in [1.807, 2.05) is 24.3 Å². The van der Waals surface area contributed by atoms with Crippen molar-refractivity contribution in [2.75, 3.05) is 51.1 Å². The molecule has 0 unspecified atom stereocenters. The van der Waals surface area contributed by atoms with Gasteiger partial charge >= 0.3 is 0 Å². The van der Waals surface area contributed by atoms with Gasteiger partial charge in [0.05, 0.1) is 11.5 Å². The van der Waals surface area contributed by atoms with Crippen LogP contribution in [0.2, 0.25) is 0 Å². The zero-order valence-electron chi connectivity index (χ0n) is 17.1. The zero-order valence-corrected chi connectivity index (χ0v) is 19.4. The third-order valence-corrected chi connectivity index (χ3v) is 3.92. The van der Waals surface area contributed by atoms with Gasteiger partial charge in [-0.05, 0) is 18.2 Å². The summed E-state index contributed by atoms with van der Waals surface area (Å²) in [6.45, 7) is 2.27. The molecule has 0 amide bonds. The number of ether oxygens (including phenoxy) is 2. The SMILES string of the molecule is CN=C(NCCNc1ccccc1[N+](=O)[O-])Nc1cccc(OCCCOC)c1.I. The Morgan fingerprint density at radius 3 is 2.67 bits per heavy atom. The van der Waals surface area contributed by atoms with E-state index in [4.69, 9.17) is 9.47 Å². The second-order valence-electron chi connectivity index (χ2n) is 6.05. The summed E-state index contributed by atoms with van der Waals surface area (Å²) in [5.41, 5.74) is 1.38. The predicted molar refractivity (Wildman–Crippen MR) is 130 cm³/mol. The molecular weight excluding hydrogens is 501 g/mol. The summed E-state index contributed by atoms with van der Waals surface area (Å²) >= 11 is 0. The summed E-state index contributed by atoms with van der Waals surface area (Å²) in [4.78, 5) is 14.8. The molecule has 0 aliphatic heterocycles. The Bertz CT molecular complexity index is 819. The highest BCUT2D eigenvalue weighted by Crippen LogP contribution is 2.22. The Morgan fingerprint density at radius 2 is 1.93 bits per heavy atom. The predicted octanol–water partition coefficient (Wildman–Crippen LogP) is 3.73. The van der Waals surface area contributed by atoms with Gasteiger partial charge in [-0.25, -0.2) is 0 Å². The van der Waals surface area contributed by atoms with Crippen molar-refractivity contribution in [3.05, 3.63) is 58.6 Å². The fraction of sp³-hybridized carbons (Fsp3) is 0.350. The highest BCUT2D eigenvalue weighted by Gasteiger charge is 2.11. The first-order valence-electron chi connectivity index (χ1n) is 9.31. The van der Waals surface area contributed by atoms with Crippen LogP contribution in [0.5, 0.6) is 5.75 Å². The van der Waals surface area contributed by atoms with E-state index in [0.717, 1.165) is 17.9 Å². The van der Waals surface area contributed by atoms with Crippen LogP contribution in [0.1, 0.15) is 6.42 Å². The molecule has 0 radical (unpaired) electrons. The highest BCUT2D eigenvalue weighted by molar-refractivity contribution is 14.0. The fourth-order valence-corrected chi connectivity index (χ4v) is 2.53. The van der Waals surface area contributed by atoms with E-state index in [1.165, 1.54) is 6.07 Å². The molecule has 3 N–H and O–H groups in total. The minimum Gasteiger partial charge on any atom is -0.493 e. The van der Waals surface area contributed by atoms with Crippen molar-refractivity contribution >= 4 is 47.0 Å². The van der Waals surface area contributed by atoms with Crippen LogP contribution >= 0.6 is 24.0 Å². The lowest BCUT2D eigenvalue weighted by Crippen LogP contribution is -2.34. The zero-order chi connectivity index (χ0) is 20.9. The van der Waals surface area contributed by atoms with Crippen molar-refractivity contribution in [3.63, 3.8) is 0 Å². The lowest BCUT2D eigenvalue weighted by Gasteiger charge is -2.14. The number of para-hydroxylation sites is 2. The third kappa shape index (κ3) is 8.82. The molecule has 0 heterocycles. The summed E-state index contributed by atoms with van der Waals surface area (Å²) in [7, 11) is 3.34. The maximum Gasteiger partial charge on any atom is 0.292 e. The third-order valence-electron chi connectivity index (χ3n) is 3.92. The Kier molecular flexibility index (Phi) is 12.2. The molecular formula is C20H28IN5O4. The topological polar surface area (TPSA) is 110 Å². The Balaban J connectivity index is 0.00000450. The molecule has 0 saturated heterocycles. The minimum atomic E-state index is -0.402. The van der Waals surface area contributed by atoms with Gasteiger partial charge < -0.3 is 25.4 Å². The smallest absolute Gasteiger partial charge is 0.292 e. The van der Waals surface area contributed by atoms with Gasteiger partial charge in [0, 0.05) is 58.1 Å². The number of aliphatic imine (C=N–C) groups is 1. The molecule has 2 rings (SSSR count). The van der Waals surface area contributed by atoms with Crippen LogP contribution < -0.4 is 20.7 Å². The van der Waals surface area contributed by atoms with E-state index < -0.39 is 4.92 Å². The van der Waals surface area contributed by atoms with Gasteiger partial charge in [-0.2, -0.15) is 0 Å². The molecule has 10 heteroatoms. The number of nitro benzene ring substituents is 1. The average Bonchev–Trinajstić information content (AvgIpc) is 2.74. The molecule has 0 bridgehead atoms. The first-order chi connectivity index (χ1) is 14.1. The number of rotatable bonds is 11. The maximum atomic E-state index is 11.0. The second kappa shape index (κ2) is 14.4. The van der Waals surface area contributed by atoms with E-state index in [-0.39, 0.29) is 29.7 Å². The lowest BCUT2D eigenvalue weighted by atomic mass is 10.2. The fourth-order valence-electron chi connectivity index (χ4n) is 2.53. The number of nitro groups is 1. The molecule has 2 aromatic carbocycles. The first kappa shape index (κ1) is 25.4. The Hall–Kier alpha value is -2.60. The number of nitrogens with one attached hydrogen (secondary N) is 3. The van der Waals surface area contributed by atoms with Crippen molar-refractivity contribution in [3.8, 4) is 5.75 Å². The normalized spacial score (nSPS) is 10.7. The molecule has 2 aromatic rings. The van der Waals surface area contributed by atoms with Crippen LogP contribution in [0.4, 0.5) is 17.1 Å². The molecule has 0 saturated carbocycles. The molecule has 164 valence electrons. The van der Waals surface area contributed by atoms with E-state index in [2.05, 4.69) is 20.9 Å². The summed E-state index contributed by atoms with van der Waals surface area (Å²) in [6, 6.07) is 14.2. The molecule has 0 aliphatic carbocycles. The standard InChI is InChI=1S/C20H27N5O4.HI/c1-21-20(23-12-11-22-18-9-3-4-10-19(18)25(26)27)24-16-7-5-8-17(15-16)29-14-6-13-28-2;/h3-5,7-10,15,22H,6,11-14H2,1-2H3,(H2,21,23,24);1H. The number of guanidine groups is 1. The van der Waals surface area contributed by atoms with E-state index in [9.17, 15) is 10.1 Å². The van der Waals surface area contributed by atoms with Crippen molar-refractivity contribution in [1.82, 2.24) is 5.32 Å². The number of anilines is 2. The van der Waals surface area contributed by atoms with Crippen LogP contribution in [0.3, 0.4) is 0 Å². The van der Waals surface area contributed by atoms with Crippen molar-refractivity contribution in [2.24, 2.45) is 4.99 Å². The van der Waals surface area contributed by atoms with Gasteiger partial charge in [0.25, 0.3) is 5.69 Å². The van der Waals surface area contributed by atoms with Gasteiger partial charge in [0.2, 0.25) is 0 Å². The molecule has 9 nitrogen and oxygen atoms in total. The van der Waals surface area contributed by atoms with Crippen LogP contribution in [0.15, 0.2) is 53.5 Å².